The number of sulfone groups is 1. The predicted octanol–water partition coefficient (Wildman–Crippen LogP) is 3.89. The number of morpholine rings is 1. The van der Waals surface area contributed by atoms with Gasteiger partial charge < -0.3 is 9.64 Å². The highest BCUT2D eigenvalue weighted by atomic mass is 32.2. The molecule has 7 nitrogen and oxygen atoms in total. The summed E-state index contributed by atoms with van der Waals surface area (Å²) in [6, 6.07) is 25.2. The summed E-state index contributed by atoms with van der Waals surface area (Å²) in [6.07, 6.45) is 0.753. The molecule has 2 aliphatic heterocycles. The fourth-order valence-corrected chi connectivity index (χ4v) is 6.56. The zero-order chi connectivity index (χ0) is 24.7. The van der Waals surface area contributed by atoms with E-state index in [-0.39, 0.29) is 22.2 Å². The van der Waals surface area contributed by atoms with Crippen molar-refractivity contribution in [2.24, 2.45) is 0 Å². The highest BCUT2D eigenvalue weighted by molar-refractivity contribution is 7.90. The number of rotatable bonds is 4. The Kier molecular flexibility index (Phi) is 5.70. The summed E-state index contributed by atoms with van der Waals surface area (Å²) in [5.74, 6) is -0.516. The van der Waals surface area contributed by atoms with Crippen LogP contribution in [0.3, 0.4) is 0 Å². The molecule has 3 aromatic carbocycles. The molecule has 0 saturated carbocycles. The molecule has 8 heteroatoms. The van der Waals surface area contributed by atoms with Gasteiger partial charge in [0.1, 0.15) is 0 Å². The van der Waals surface area contributed by atoms with Crippen LogP contribution in [-0.4, -0.2) is 55.3 Å². The number of ether oxygens (including phenoxy) is 1. The number of aromatic nitrogens is 2. The van der Waals surface area contributed by atoms with Gasteiger partial charge in [-0.3, -0.25) is 4.79 Å². The number of hydrogen-bond acceptors (Lipinski definition) is 5. The Balaban J connectivity index is 1.51. The Morgan fingerprint density at radius 1 is 0.889 bits per heavy atom. The lowest BCUT2D eigenvalue weighted by Crippen LogP contribution is -2.41. The zero-order valence-corrected chi connectivity index (χ0v) is 20.4. The Labute approximate surface area is 209 Å². The van der Waals surface area contributed by atoms with Gasteiger partial charge in [0.25, 0.3) is 5.91 Å². The zero-order valence-electron chi connectivity index (χ0n) is 19.6. The predicted molar refractivity (Wildman–Crippen MR) is 136 cm³/mol. The molecule has 0 aliphatic carbocycles. The molecule has 1 saturated heterocycles. The minimum atomic E-state index is -3.61. The molecule has 0 unspecified atom stereocenters. The van der Waals surface area contributed by atoms with E-state index < -0.39 is 9.84 Å². The number of carbonyl (C=O) groups excluding carboxylic acids is 1. The summed E-state index contributed by atoms with van der Waals surface area (Å²) in [7, 11) is -3.61. The largest absolute Gasteiger partial charge is 0.378 e. The van der Waals surface area contributed by atoms with E-state index in [1.165, 1.54) is 5.56 Å². The van der Waals surface area contributed by atoms with Crippen LogP contribution in [0.15, 0.2) is 83.8 Å². The third kappa shape index (κ3) is 4.02. The second-order valence-electron chi connectivity index (χ2n) is 9.08. The molecule has 1 amide bonds. The average molecular weight is 500 g/mol. The topological polar surface area (TPSA) is 81.5 Å². The minimum absolute atomic E-state index is 0.193. The summed E-state index contributed by atoms with van der Waals surface area (Å²) in [5.41, 5.74) is 4.96. The molecule has 1 aromatic heterocycles. The van der Waals surface area contributed by atoms with Crippen molar-refractivity contribution in [3.05, 3.63) is 101 Å². The molecular formula is C28H25N3O4S. The van der Waals surface area contributed by atoms with Crippen molar-refractivity contribution in [2.75, 3.05) is 26.3 Å². The second-order valence-corrected chi connectivity index (χ2v) is 11.0. The summed E-state index contributed by atoms with van der Waals surface area (Å²) in [4.78, 5) is 15.5. The maximum absolute atomic E-state index is 13.5. The summed E-state index contributed by atoms with van der Waals surface area (Å²) in [5, 5.41) is 4.77. The number of benzene rings is 3. The van der Waals surface area contributed by atoms with Crippen molar-refractivity contribution in [2.45, 2.75) is 17.1 Å². The standard InChI is InChI=1S/C28H25N3O4S/c32-28(30-13-15-35-16-14-30)26-24-19-36(33,34)25-12-5-4-11-23(25)27(24)31(29-26)22-10-6-9-21(18-22)17-20-7-2-1-3-8-20/h1-12,18H,13-17,19H2. The molecule has 0 bridgehead atoms. The second kappa shape index (κ2) is 9.04. The van der Waals surface area contributed by atoms with E-state index in [0.717, 1.165) is 17.7 Å². The fraction of sp³-hybridized carbons (Fsp3) is 0.214. The Morgan fingerprint density at radius 3 is 2.42 bits per heavy atom. The highest BCUT2D eigenvalue weighted by Gasteiger charge is 2.37. The van der Waals surface area contributed by atoms with E-state index in [1.807, 2.05) is 36.4 Å². The molecule has 0 radical (unpaired) electrons. The molecule has 2 aliphatic rings. The molecule has 182 valence electrons. The van der Waals surface area contributed by atoms with Crippen molar-refractivity contribution in [1.29, 1.82) is 0 Å². The van der Waals surface area contributed by atoms with Gasteiger partial charge in [-0.25, -0.2) is 13.1 Å². The van der Waals surface area contributed by atoms with Crippen molar-refractivity contribution in [3.8, 4) is 16.9 Å². The first-order valence-corrected chi connectivity index (χ1v) is 13.6. The maximum atomic E-state index is 13.5. The maximum Gasteiger partial charge on any atom is 0.274 e. The monoisotopic (exact) mass is 499 g/mol. The Morgan fingerprint density at radius 2 is 1.61 bits per heavy atom. The number of hydrogen-bond donors (Lipinski definition) is 0. The van der Waals surface area contributed by atoms with Gasteiger partial charge in [-0.1, -0.05) is 60.7 Å². The number of fused-ring (bicyclic) bond motifs is 3. The van der Waals surface area contributed by atoms with E-state index >= 15 is 0 Å². The first-order valence-electron chi connectivity index (χ1n) is 12.0. The van der Waals surface area contributed by atoms with E-state index in [9.17, 15) is 13.2 Å². The third-order valence-corrected chi connectivity index (χ3v) is 8.40. The molecule has 4 aromatic rings. The van der Waals surface area contributed by atoms with E-state index in [2.05, 4.69) is 24.3 Å². The van der Waals surface area contributed by atoms with Crippen LogP contribution in [0.4, 0.5) is 0 Å². The smallest absolute Gasteiger partial charge is 0.274 e. The van der Waals surface area contributed by atoms with Crippen LogP contribution in [-0.2, 0) is 26.7 Å². The lowest BCUT2D eigenvalue weighted by atomic mass is 10.0. The van der Waals surface area contributed by atoms with Crippen molar-refractivity contribution < 1.29 is 17.9 Å². The van der Waals surface area contributed by atoms with Gasteiger partial charge in [0.05, 0.1) is 35.2 Å². The number of carbonyl (C=O) groups is 1. The number of amides is 1. The van der Waals surface area contributed by atoms with Gasteiger partial charge in [0.2, 0.25) is 0 Å². The fourth-order valence-electron chi connectivity index (χ4n) is 4.97. The molecule has 0 N–H and O–H groups in total. The molecule has 0 spiro atoms. The molecular weight excluding hydrogens is 474 g/mol. The van der Waals surface area contributed by atoms with Crippen LogP contribution in [0.2, 0.25) is 0 Å². The lowest BCUT2D eigenvalue weighted by Gasteiger charge is -2.26. The van der Waals surface area contributed by atoms with Crippen LogP contribution in [0.25, 0.3) is 16.9 Å². The van der Waals surface area contributed by atoms with Gasteiger partial charge >= 0.3 is 0 Å². The first-order chi connectivity index (χ1) is 17.5. The van der Waals surface area contributed by atoms with E-state index in [0.29, 0.717) is 43.1 Å². The Hall–Kier alpha value is -3.75. The molecule has 0 atom stereocenters. The van der Waals surface area contributed by atoms with Crippen LogP contribution < -0.4 is 0 Å². The van der Waals surface area contributed by atoms with Gasteiger partial charge in [0, 0.05) is 24.2 Å². The SMILES string of the molecule is O=C(c1nn(-c2cccc(Cc3ccccc3)c2)c2c1CS(=O)(=O)c1ccccc1-2)N1CCOCC1. The summed E-state index contributed by atoms with van der Waals surface area (Å²) >= 11 is 0. The third-order valence-electron chi connectivity index (χ3n) is 6.70. The summed E-state index contributed by atoms with van der Waals surface area (Å²) in [6.45, 7) is 1.82. The van der Waals surface area contributed by atoms with Gasteiger partial charge in [-0.2, -0.15) is 5.10 Å². The molecule has 3 heterocycles. The van der Waals surface area contributed by atoms with Crippen LogP contribution >= 0.6 is 0 Å². The van der Waals surface area contributed by atoms with Gasteiger partial charge in [-0.15, -0.1) is 0 Å². The lowest BCUT2D eigenvalue weighted by molar-refractivity contribution is 0.0298. The van der Waals surface area contributed by atoms with Crippen molar-refractivity contribution in [3.63, 3.8) is 0 Å². The van der Waals surface area contributed by atoms with Gasteiger partial charge in [0.15, 0.2) is 15.5 Å². The normalized spacial score (nSPS) is 16.3. The minimum Gasteiger partial charge on any atom is -0.378 e. The van der Waals surface area contributed by atoms with Gasteiger partial charge in [-0.05, 0) is 35.7 Å². The van der Waals surface area contributed by atoms with Crippen molar-refractivity contribution >= 4 is 15.7 Å². The van der Waals surface area contributed by atoms with Crippen LogP contribution in [0.1, 0.15) is 27.2 Å². The quantitative estimate of drug-likeness (QED) is 0.426. The van der Waals surface area contributed by atoms with E-state index in [1.54, 1.807) is 27.8 Å². The highest BCUT2D eigenvalue weighted by Crippen LogP contribution is 2.41. The number of nitrogens with zero attached hydrogens (tertiary/aromatic N) is 3. The Bertz CT molecular complexity index is 1550. The average Bonchev–Trinajstić information content (AvgIpc) is 3.28. The van der Waals surface area contributed by atoms with Crippen LogP contribution in [0, 0.1) is 0 Å². The van der Waals surface area contributed by atoms with Crippen molar-refractivity contribution in [1.82, 2.24) is 14.7 Å². The van der Waals surface area contributed by atoms with E-state index in [4.69, 9.17) is 9.84 Å². The van der Waals surface area contributed by atoms with Crippen LogP contribution in [0.5, 0.6) is 0 Å². The molecule has 1 fully saturated rings. The molecule has 6 rings (SSSR count). The molecule has 36 heavy (non-hydrogen) atoms. The first kappa shape index (κ1) is 22.7. The summed E-state index contributed by atoms with van der Waals surface area (Å²) < 4.78 is 33.6.